The summed E-state index contributed by atoms with van der Waals surface area (Å²) in [5, 5.41) is 15.5. The number of pyridine rings is 1. The van der Waals surface area contributed by atoms with E-state index in [1.54, 1.807) is 10.6 Å². The van der Waals surface area contributed by atoms with Gasteiger partial charge in [0.25, 0.3) is 0 Å². The van der Waals surface area contributed by atoms with Crippen LogP contribution in [0.4, 0.5) is 0 Å². The van der Waals surface area contributed by atoms with Crippen molar-refractivity contribution >= 4 is 11.6 Å². The molecule has 3 aromatic heterocycles. The van der Waals surface area contributed by atoms with Gasteiger partial charge in [0, 0.05) is 6.20 Å². The largest absolute Gasteiger partial charge is 0.478 e. The van der Waals surface area contributed by atoms with Crippen molar-refractivity contribution in [3.05, 3.63) is 42.4 Å². The van der Waals surface area contributed by atoms with E-state index in [1.807, 2.05) is 24.4 Å². The molecular formula is C11H8N4O2. The molecule has 0 amide bonds. The first-order valence-corrected chi connectivity index (χ1v) is 4.96. The maximum atomic E-state index is 11.0. The van der Waals surface area contributed by atoms with Crippen LogP contribution in [-0.4, -0.2) is 30.7 Å². The lowest BCUT2D eigenvalue weighted by molar-refractivity contribution is 0.0698. The Bertz CT molecular complexity index is 698. The minimum atomic E-state index is -1.01. The van der Waals surface area contributed by atoms with E-state index >= 15 is 0 Å². The molecule has 0 fully saturated rings. The number of H-pyrrole nitrogens is 1. The molecule has 0 aromatic carbocycles. The van der Waals surface area contributed by atoms with E-state index in [0.717, 1.165) is 5.65 Å². The number of aromatic carboxylic acids is 1. The van der Waals surface area contributed by atoms with Gasteiger partial charge in [-0.15, -0.1) is 0 Å². The number of carboxylic acids is 1. The molecule has 3 rings (SSSR count). The molecule has 0 saturated carbocycles. The Morgan fingerprint density at radius 3 is 3.06 bits per heavy atom. The molecule has 2 N–H and O–H groups in total. The number of carboxylic acid groups (broad SMARTS) is 1. The number of rotatable bonds is 2. The summed E-state index contributed by atoms with van der Waals surface area (Å²) in [4.78, 5) is 15.2. The van der Waals surface area contributed by atoms with Crippen molar-refractivity contribution in [2.45, 2.75) is 0 Å². The van der Waals surface area contributed by atoms with E-state index < -0.39 is 5.97 Å². The number of nitrogens with one attached hydrogen (secondary N) is 1. The average molecular weight is 228 g/mol. The van der Waals surface area contributed by atoms with Gasteiger partial charge in [0.05, 0.1) is 23.8 Å². The third-order valence-corrected chi connectivity index (χ3v) is 2.54. The number of nitrogens with zero attached hydrogens (tertiary/aromatic N) is 3. The Morgan fingerprint density at radius 2 is 2.24 bits per heavy atom. The minimum absolute atomic E-state index is 0.135. The van der Waals surface area contributed by atoms with Crippen molar-refractivity contribution in [1.82, 2.24) is 19.6 Å². The first-order chi connectivity index (χ1) is 8.27. The zero-order valence-electron chi connectivity index (χ0n) is 8.66. The van der Waals surface area contributed by atoms with E-state index in [-0.39, 0.29) is 5.56 Å². The molecule has 6 nitrogen and oxygen atoms in total. The van der Waals surface area contributed by atoms with Crippen molar-refractivity contribution in [3.63, 3.8) is 0 Å². The molecule has 3 heterocycles. The smallest absolute Gasteiger partial charge is 0.339 e. The number of hydrogen-bond acceptors (Lipinski definition) is 3. The maximum absolute atomic E-state index is 11.0. The highest BCUT2D eigenvalue weighted by Gasteiger charge is 2.16. The van der Waals surface area contributed by atoms with Crippen LogP contribution in [0.15, 0.2) is 36.8 Å². The van der Waals surface area contributed by atoms with E-state index in [2.05, 4.69) is 15.2 Å². The second-order valence-electron chi connectivity index (χ2n) is 3.54. The number of aromatic amines is 1. The summed E-state index contributed by atoms with van der Waals surface area (Å²) < 4.78 is 1.81. The van der Waals surface area contributed by atoms with Crippen molar-refractivity contribution in [1.29, 1.82) is 0 Å². The zero-order chi connectivity index (χ0) is 11.8. The van der Waals surface area contributed by atoms with Crippen molar-refractivity contribution in [2.24, 2.45) is 0 Å². The minimum Gasteiger partial charge on any atom is -0.478 e. The molecule has 0 bridgehead atoms. The highest BCUT2D eigenvalue weighted by molar-refractivity contribution is 5.94. The number of imidazole rings is 1. The summed E-state index contributed by atoms with van der Waals surface area (Å²) in [6.45, 7) is 0. The van der Waals surface area contributed by atoms with Crippen LogP contribution in [0.1, 0.15) is 10.4 Å². The lowest BCUT2D eigenvalue weighted by atomic mass is 10.2. The molecule has 0 unspecified atom stereocenters. The fourth-order valence-electron chi connectivity index (χ4n) is 1.76. The van der Waals surface area contributed by atoms with Crippen LogP contribution >= 0.6 is 0 Å². The second kappa shape index (κ2) is 3.44. The molecule has 0 spiro atoms. The van der Waals surface area contributed by atoms with E-state index in [1.165, 1.54) is 6.20 Å². The summed E-state index contributed by atoms with van der Waals surface area (Å²) in [6.07, 6.45) is 4.74. The quantitative estimate of drug-likeness (QED) is 0.694. The summed E-state index contributed by atoms with van der Waals surface area (Å²) in [5.41, 5.74) is 2.02. The zero-order valence-corrected chi connectivity index (χ0v) is 8.66. The summed E-state index contributed by atoms with van der Waals surface area (Å²) in [6, 6.07) is 5.58. The monoisotopic (exact) mass is 228 g/mol. The van der Waals surface area contributed by atoms with E-state index in [0.29, 0.717) is 11.4 Å². The van der Waals surface area contributed by atoms with Crippen molar-refractivity contribution in [3.8, 4) is 11.4 Å². The van der Waals surface area contributed by atoms with Gasteiger partial charge in [-0.05, 0) is 12.1 Å². The lowest BCUT2D eigenvalue weighted by Crippen LogP contribution is -1.98. The number of fused-ring (bicyclic) bond motifs is 1. The third-order valence-electron chi connectivity index (χ3n) is 2.54. The fourth-order valence-corrected chi connectivity index (χ4v) is 1.76. The highest BCUT2D eigenvalue weighted by atomic mass is 16.4. The van der Waals surface area contributed by atoms with Crippen LogP contribution < -0.4 is 0 Å². The predicted octanol–water partition coefficient (Wildman–Crippen LogP) is 1.42. The highest BCUT2D eigenvalue weighted by Crippen LogP contribution is 2.21. The average Bonchev–Trinajstić information content (AvgIpc) is 2.94. The van der Waals surface area contributed by atoms with Crippen LogP contribution in [0.3, 0.4) is 0 Å². The normalized spacial score (nSPS) is 10.8. The Balaban J connectivity index is 2.28. The Kier molecular flexibility index (Phi) is 1.94. The van der Waals surface area contributed by atoms with Gasteiger partial charge in [0.2, 0.25) is 0 Å². The van der Waals surface area contributed by atoms with Gasteiger partial charge >= 0.3 is 5.97 Å². The summed E-state index contributed by atoms with van der Waals surface area (Å²) in [7, 11) is 0. The molecule has 0 saturated heterocycles. The van der Waals surface area contributed by atoms with Gasteiger partial charge in [-0.1, -0.05) is 6.07 Å². The van der Waals surface area contributed by atoms with Crippen LogP contribution in [0.2, 0.25) is 0 Å². The molecule has 6 heteroatoms. The molecule has 0 aliphatic rings. The van der Waals surface area contributed by atoms with Crippen molar-refractivity contribution in [2.75, 3.05) is 0 Å². The Morgan fingerprint density at radius 1 is 1.35 bits per heavy atom. The van der Waals surface area contributed by atoms with Crippen LogP contribution in [0, 0.1) is 0 Å². The molecule has 0 aliphatic heterocycles. The molecular weight excluding hydrogens is 220 g/mol. The third kappa shape index (κ3) is 1.38. The van der Waals surface area contributed by atoms with Gasteiger partial charge in [0.15, 0.2) is 0 Å². The van der Waals surface area contributed by atoms with Crippen LogP contribution in [-0.2, 0) is 0 Å². The Hall–Kier alpha value is -2.63. The molecule has 0 aliphatic carbocycles. The number of hydrogen-bond donors (Lipinski definition) is 2. The standard InChI is InChI=1S/C11H8N4O2/c16-11(17)7-5-13-14-10(7)8-6-12-9-3-1-2-4-15(8)9/h1-6H,(H,13,14)(H,16,17). The second-order valence-corrected chi connectivity index (χ2v) is 3.54. The van der Waals surface area contributed by atoms with Crippen LogP contribution in [0.5, 0.6) is 0 Å². The molecule has 17 heavy (non-hydrogen) atoms. The van der Waals surface area contributed by atoms with Gasteiger partial charge in [0.1, 0.15) is 11.2 Å². The summed E-state index contributed by atoms with van der Waals surface area (Å²) >= 11 is 0. The number of carbonyl (C=O) groups is 1. The SMILES string of the molecule is O=C(O)c1cn[nH]c1-c1cnc2ccccn12. The maximum Gasteiger partial charge on any atom is 0.339 e. The molecule has 0 radical (unpaired) electrons. The topological polar surface area (TPSA) is 83.3 Å². The molecule has 84 valence electrons. The van der Waals surface area contributed by atoms with E-state index in [9.17, 15) is 4.79 Å². The van der Waals surface area contributed by atoms with Gasteiger partial charge in [-0.3, -0.25) is 9.50 Å². The first kappa shape index (κ1) is 9.59. The van der Waals surface area contributed by atoms with Gasteiger partial charge in [-0.2, -0.15) is 5.10 Å². The molecule has 0 atom stereocenters. The van der Waals surface area contributed by atoms with Gasteiger partial charge < -0.3 is 5.11 Å². The predicted molar refractivity (Wildman–Crippen MR) is 59.7 cm³/mol. The van der Waals surface area contributed by atoms with Crippen molar-refractivity contribution < 1.29 is 9.90 Å². The fraction of sp³-hybridized carbons (Fsp3) is 0. The van der Waals surface area contributed by atoms with Crippen LogP contribution in [0.25, 0.3) is 17.0 Å². The Labute approximate surface area is 95.5 Å². The number of aromatic nitrogens is 4. The van der Waals surface area contributed by atoms with E-state index in [4.69, 9.17) is 5.11 Å². The molecule has 3 aromatic rings. The van der Waals surface area contributed by atoms with Gasteiger partial charge in [-0.25, -0.2) is 9.78 Å². The lowest BCUT2D eigenvalue weighted by Gasteiger charge is -1.99. The summed E-state index contributed by atoms with van der Waals surface area (Å²) in [5.74, 6) is -1.01. The first-order valence-electron chi connectivity index (χ1n) is 4.96.